The first kappa shape index (κ1) is 12.1. The third-order valence-electron chi connectivity index (χ3n) is 1.11. The highest BCUT2D eigenvalue weighted by atomic mass is 32.2. The molecule has 0 spiro atoms. The van der Waals surface area contributed by atoms with Gasteiger partial charge in [0.25, 0.3) is 0 Å². The Bertz CT molecular complexity index is 303. The van der Waals surface area contributed by atoms with Crippen LogP contribution in [-0.4, -0.2) is 29.4 Å². The van der Waals surface area contributed by atoms with Crippen molar-refractivity contribution in [2.75, 3.05) is 5.88 Å². The van der Waals surface area contributed by atoms with Gasteiger partial charge in [-0.05, 0) is 0 Å². The molecule has 0 atom stereocenters. The molecule has 0 unspecified atom stereocenters. The lowest BCUT2D eigenvalue weighted by atomic mass is 10.6. The van der Waals surface area contributed by atoms with Gasteiger partial charge in [0.15, 0.2) is 5.84 Å². The Morgan fingerprint density at radius 3 is 2.27 bits per heavy atom. The van der Waals surface area contributed by atoms with Crippen LogP contribution >= 0.6 is 11.8 Å². The number of halogens is 6. The van der Waals surface area contributed by atoms with Gasteiger partial charge in [0.1, 0.15) is 5.04 Å². The van der Waals surface area contributed by atoms with Gasteiger partial charge in [-0.1, -0.05) is 11.8 Å². The van der Waals surface area contributed by atoms with Crippen molar-refractivity contribution in [3.63, 3.8) is 0 Å². The molecule has 1 aliphatic rings. The third kappa shape index (κ3) is 4.40. The minimum atomic E-state index is -4.90. The first-order valence-corrected chi connectivity index (χ1v) is 4.35. The molecule has 0 aromatic rings. The molecular weight excluding hydrogens is 248 g/mol. The van der Waals surface area contributed by atoms with Crippen LogP contribution in [0.15, 0.2) is 9.98 Å². The zero-order valence-electron chi connectivity index (χ0n) is 6.78. The fraction of sp³-hybridized carbons (Fsp3) is 0.600. The van der Waals surface area contributed by atoms with E-state index in [0.717, 1.165) is 5.32 Å². The fourth-order valence-electron chi connectivity index (χ4n) is 0.722. The highest BCUT2D eigenvalue weighted by Gasteiger charge is 2.35. The maximum Gasteiger partial charge on any atom is 0.504 e. The Labute approximate surface area is 83.7 Å². The Hall–Kier alpha value is -0.930. The molecular formula is C5H3F6N3S. The summed E-state index contributed by atoms with van der Waals surface area (Å²) in [5.41, 5.74) is 0. The van der Waals surface area contributed by atoms with Gasteiger partial charge in [0.2, 0.25) is 0 Å². The van der Waals surface area contributed by atoms with Crippen LogP contribution in [0.5, 0.6) is 0 Å². The zero-order chi connectivity index (χ0) is 11.7. The van der Waals surface area contributed by atoms with Crippen molar-refractivity contribution >= 4 is 22.6 Å². The zero-order valence-corrected chi connectivity index (χ0v) is 7.59. The van der Waals surface area contributed by atoms with Gasteiger partial charge < -0.3 is 0 Å². The number of nitrogens with zero attached hydrogens (tertiary/aromatic N) is 2. The molecule has 1 aliphatic heterocycles. The number of rotatable bonds is 0. The van der Waals surface area contributed by atoms with Crippen LogP contribution in [0.4, 0.5) is 26.3 Å². The molecule has 0 radical (unpaired) electrons. The van der Waals surface area contributed by atoms with Crippen molar-refractivity contribution in [1.29, 1.82) is 0 Å². The smallest absolute Gasteiger partial charge is 0.280 e. The maximum absolute atomic E-state index is 11.8. The quantitative estimate of drug-likeness (QED) is 0.529. The average Bonchev–Trinajstić information content (AvgIpc) is 2.29. The van der Waals surface area contributed by atoms with Crippen LogP contribution in [0.2, 0.25) is 0 Å². The number of nitrogens with one attached hydrogen (secondary N) is 1. The number of thioether (sulfide) groups is 1. The minimum absolute atomic E-state index is 0.215. The Balaban J connectivity index is 2.78. The fourth-order valence-corrected chi connectivity index (χ4v) is 1.46. The molecule has 0 saturated carbocycles. The van der Waals surface area contributed by atoms with Gasteiger partial charge in [-0.25, -0.2) is 0 Å². The molecule has 0 aromatic heterocycles. The van der Waals surface area contributed by atoms with E-state index in [1.165, 1.54) is 0 Å². The minimum Gasteiger partial charge on any atom is -0.280 e. The Kier molecular flexibility index (Phi) is 3.16. The second-order valence-electron chi connectivity index (χ2n) is 2.29. The van der Waals surface area contributed by atoms with Gasteiger partial charge in [0.05, 0.1) is 5.88 Å². The molecule has 0 aliphatic carbocycles. The average molecular weight is 251 g/mol. The van der Waals surface area contributed by atoms with Gasteiger partial charge in [0, 0.05) is 0 Å². The van der Waals surface area contributed by atoms with Gasteiger partial charge in [-0.15, -0.1) is 13.2 Å². The van der Waals surface area contributed by atoms with E-state index < -0.39 is 23.5 Å². The Morgan fingerprint density at radius 1 is 1.20 bits per heavy atom. The molecule has 1 heterocycles. The molecule has 0 amide bonds. The Morgan fingerprint density at radius 2 is 1.80 bits per heavy atom. The van der Waals surface area contributed by atoms with E-state index in [0.29, 0.717) is 11.8 Å². The molecule has 3 nitrogen and oxygen atoms in total. The molecule has 0 aromatic carbocycles. The summed E-state index contributed by atoms with van der Waals surface area (Å²) in [4.78, 5) is 5.36. The van der Waals surface area contributed by atoms with Crippen molar-refractivity contribution < 1.29 is 26.3 Å². The molecule has 10 heteroatoms. The van der Waals surface area contributed by atoms with Crippen molar-refractivity contribution in [3.8, 4) is 0 Å². The molecule has 0 fully saturated rings. The van der Waals surface area contributed by atoms with Crippen LogP contribution in [0.3, 0.4) is 0 Å². The normalized spacial score (nSPS) is 20.7. The number of aliphatic imine (C=N–C) groups is 2. The maximum atomic E-state index is 11.8. The summed E-state index contributed by atoms with van der Waals surface area (Å²) in [5, 5.41) is 0.0834. The van der Waals surface area contributed by atoms with E-state index in [-0.39, 0.29) is 5.88 Å². The SMILES string of the molecule is FC(F)(F)N=C1SCN=C1NC(F)(F)F. The molecule has 0 saturated heterocycles. The molecule has 1 N–H and O–H groups in total. The second kappa shape index (κ2) is 3.91. The van der Waals surface area contributed by atoms with Crippen LogP contribution in [0.25, 0.3) is 0 Å². The molecule has 1 rings (SSSR count). The van der Waals surface area contributed by atoms with Gasteiger partial charge >= 0.3 is 12.6 Å². The van der Waals surface area contributed by atoms with Crippen molar-refractivity contribution in [2.45, 2.75) is 12.6 Å². The first-order valence-electron chi connectivity index (χ1n) is 3.36. The number of hydrogen-bond donors (Lipinski definition) is 1. The highest BCUT2D eigenvalue weighted by molar-refractivity contribution is 8.16. The summed E-state index contributed by atoms with van der Waals surface area (Å²) in [7, 11) is 0. The van der Waals surface area contributed by atoms with E-state index in [9.17, 15) is 26.3 Å². The monoisotopic (exact) mass is 251 g/mol. The van der Waals surface area contributed by atoms with Crippen molar-refractivity contribution in [2.24, 2.45) is 9.98 Å². The molecule has 15 heavy (non-hydrogen) atoms. The summed E-state index contributed by atoms with van der Waals surface area (Å²) in [6.07, 6.45) is -9.73. The highest BCUT2D eigenvalue weighted by Crippen LogP contribution is 2.23. The summed E-state index contributed by atoms with van der Waals surface area (Å²) >= 11 is 0.482. The van der Waals surface area contributed by atoms with Gasteiger partial charge in [-0.3, -0.25) is 10.3 Å². The van der Waals surface area contributed by atoms with Crippen molar-refractivity contribution in [3.05, 3.63) is 0 Å². The van der Waals surface area contributed by atoms with E-state index in [2.05, 4.69) is 9.98 Å². The molecule has 86 valence electrons. The summed E-state index contributed by atoms with van der Waals surface area (Å²) in [5.74, 6) is -1.11. The predicted octanol–water partition coefficient (Wildman–Crippen LogP) is 2.12. The van der Waals surface area contributed by atoms with Crippen LogP contribution in [0, 0.1) is 0 Å². The standard InChI is InChI=1S/C5H3F6N3S/c6-4(7,8)13-2-3(15-1-12-2)14-5(9,10)11/h1H2,(H,12,13). The third-order valence-corrected chi connectivity index (χ3v) is 1.93. The lowest BCUT2D eigenvalue weighted by Crippen LogP contribution is -2.39. The van der Waals surface area contributed by atoms with Crippen LogP contribution < -0.4 is 5.32 Å². The largest absolute Gasteiger partial charge is 0.504 e. The van der Waals surface area contributed by atoms with Crippen LogP contribution in [-0.2, 0) is 0 Å². The number of amidine groups is 1. The molecule has 0 bridgehead atoms. The predicted molar refractivity (Wildman–Crippen MR) is 42.6 cm³/mol. The van der Waals surface area contributed by atoms with E-state index >= 15 is 0 Å². The lowest BCUT2D eigenvalue weighted by Gasteiger charge is -2.09. The first-order chi connectivity index (χ1) is 6.67. The lowest BCUT2D eigenvalue weighted by molar-refractivity contribution is -0.141. The summed E-state index contributed by atoms with van der Waals surface area (Å²) in [6.45, 7) is 0. The van der Waals surface area contributed by atoms with Gasteiger partial charge in [-0.2, -0.15) is 18.2 Å². The van der Waals surface area contributed by atoms with E-state index in [4.69, 9.17) is 0 Å². The van der Waals surface area contributed by atoms with Crippen LogP contribution in [0.1, 0.15) is 0 Å². The summed E-state index contributed by atoms with van der Waals surface area (Å²) in [6, 6.07) is 0. The van der Waals surface area contributed by atoms with E-state index in [1.807, 2.05) is 0 Å². The second-order valence-corrected chi connectivity index (χ2v) is 3.22. The van der Waals surface area contributed by atoms with E-state index in [1.54, 1.807) is 0 Å². The topological polar surface area (TPSA) is 36.8 Å². The number of hydrogen-bond acceptors (Lipinski definition) is 4. The summed E-state index contributed by atoms with van der Waals surface area (Å²) < 4.78 is 70.6. The number of alkyl halides is 6. The van der Waals surface area contributed by atoms with Crippen molar-refractivity contribution in [1.82, 2.24) is 5.32 Å².